The molecule has 0 spiro atoms. The van der Waals surface area contributed by atoms with Crippen LogP contribution in [0.5, 0.6) is 5.88 Å². The Morgan fingerprint density at radius 3 is 2.83 bits per heavy atom. The predicted octanol–water partition coefficient (Wildman–Crippen LogP) is 2.82. The monoisotopic (exact) mass is 372 g/mol. The van der Waals surface area contributed by atoms with E-state index < -0.39 is 0 Å². The first-order chi connectivity index (χ1) is 11.0. The summed E-state index contributed by atoms with van der Waals surface area (Å²) >= 11 is 13.7. The van der Waals surface area contributed by atoms with Crippen LogP contribution in [0.1, 0.15) is 16.5 Å². The maximum atomic E-state index is 10.5. The molecule has 0 radical (unpaired) electrons. The number of aliphatic hydroxyl groups excluding tert-OH is 1. The third-order valence-electron chi connectivity index (χ3n) is 3.54. The molecule has 23 heavy (non-hydrogen) atoms. The molecule has 0 amide bonds. The van der Waals surface area contributed by atoms with E-state index in [0.717, 1.165) is 5.56 Å². The average Bonchev–Trinajstić information content (AvgIpc) is 3.06. The predicted molar refractivity (Wildman–Crippen MR) is 90.5 cm³/mol. The number of nitrogens with zero attached hydrogens (tertiary/aromatic N) is 4. The van der Waals surface area contributed by atoms with Gasteiger partial charge in [0.25, 0.3) is 0 Å². The fourth-order valence-electron chi connectivity index (χ4n) is 2.46. The molecule has 0 saturated carbocycles. The van der Waals surface area contributed by atoms with E-state index in [2.05, 4.69) is 10.1 Å². The van der Waals surface area contributed by atoms with Gasteiger partial charge in [0.2, 0.25) is 10.8 Å². The first-order valence-corrected chi connectivity index (χ1v) is 8.37. The SMILES string of the molecule is CN(CCO)C(c1ccc(Cl)cc1Cl)c1sc2ncnn2c1O. The van der Waals surface area contributed by atoms with Crippen LogP contribution in [0.4, 0.5) is 0 Å². The van der Waals surface area contributed by atoms with Crippen LogP contribution < -0.4 is 0 Å². The second-order valence-corrected chi connectivity index (χ2v) is 6.87. The van der Waals surface area contributed by atoms with Crippen LogP contribution in [-0.4, -0.2) is 49.9 Å². The summed E-state index contributed by atoms with van der Waals surface area (Å²) in [6.07, 6.45) is 1.39. The van der Waals surface area contributed by atoms with Crippen LogP contribution in [-0.2, 0) is 0 Å². The lowest BCUT2D eigenvalue weighted by Crippen LogP contribution is -2.28. The normalized spacial score (nSPS) is 13.1. The van der Waals surface area contributed by atoms with E-state index in [4.69, 9.17) is 23.2 Å². The lowest BCUT2D eigenvalue weighted by atomic mass is 10.0. The van der Waals surface area contributed by atoms with Crippen LogP contribution in [0.15, 0.2) is 24.5 Å². The van der Waals surface area contributed by atoms with Gasteiger partial charge in [-0.3, -0.25) is 4.90 Å². The van der Waals surface area contributed by atoms with Gasteiger partial charge in [0, 0.05) is 16.6 Å². The second kappa shape index (κ2) is 6.62. The minimum absolute atomic E-state index is 0.0142. The van der Waals surface area contributed by atoms with Crippen LogP contribution in [0, 0.1) is 0 Å². The molecule has 122 valence electrons. The highest BCUT2D eigenvalue weighted by atomic mass is 35.5. The van der Waals surface area contributed by atoms with Gasteiger partial charge in [-0.15, -0.1) is 0 Å². The Morgan fingerprint density at radius 2 is 2.17 bits per heavy atom. The molecule has 6 nitrogen and oxygen atoms in total. The Kier molecular flexibility index (Phi) is 4.74. The number of likely N-dealkylation sites (N-methyl/N-ethyl adjacent to an activating group) is 1. The van der Waals surface area contributed by atoms with E-state index >= 15 is 0 Å². The average molecular weight is 373 g/mol. The topological polar surface area (TPSA) is 73.9 Å². The molecule has 0 saturated heterocycles. The molecule has 2 N–H and O–H groups in total. The first kappa shape index (κ1) is 16.5. The van der Waals surface area contributed by atoms with Crippen LogP contribution in [0.2, 0.25) is 10.0 Å². The van der Waals surface area contributed by atoms with Crippen molar-refractivity contribution in [1.82, 2.24) is 19.5 Å². The van der Waals surface area contributed by atoms with Crippen molar-refractivity contribution in [3.63, 3.8) is 0 Å². The quantitative estimate of drug-likeness (QED) is 0.720. The van der Waals surface area contributed by atoms with Crippen molar-refractivity contribution < 1.29 is 10.2 Å². The molecule has 0 aliphatic carbocycles. The molecule has 0 bridgehead atoms. The molecule has 0 aliphatic heterocycles. The fourth-order valence-corrected chi connectivity index (χ4v) is 4.09. The number of thiazole rings is 1. The number of fused-ring (bicyclic) bond motifs is 1. The lowest BCUT2D eigenvalue weighted by Gasteiger charge is -2.27. The van der Waals surface area contributed by atoms with Gasteiger partial charge in [0.15, 0.2) is 0 Å². The van der Waals surface area contributed by atoms with E-state index in [1.807, 2.05) is 18.0 Å². The number of aromatic nitrogens is 3. The molecule has 1 aromatic carbocycles. The number of benzene rings is 1. The van der Waals surface area contributed by atoms with E-state index in [0.29, 0.717) is 26.4 Å². The fraction of sp³-hybridized carbons (Fsp3) is 0.286. The van der Waals surface area contributed by atoms with Crippen molar-refractivity contribution in [1.29, 1.82) is 0 Å². The second-order valence-electron chi connectivity index (χ2n) is 5.02. The number of aromatic hydroxyl groups is 1. The third kappa shape index (κ3) is 3.02. The first-order valence-electron chi connectivity index (χ1n) is 6.80. The van der Waals surface area contributed by atoms with Crippen molar-refractivity contribution in [2.45, 2.75) is 6.04 Å². The third-order valence-corrected chi connectivity index (χ3v) is 5.19. The molecule has 2 aromatic heterocycles. The van der Waals surface area contributed by atoms with Crippen LogP contribution >= 0.6 is 34.5 Å². The molecule has 9 heteroatoms. The largest absolute Gasteiger partial charge is 0.492 e. The van der Waals surface area contributed by atoms with Gasteiger partial charge in [-0.1, -0.05) is 40.6 Å². The molecule has 0 aliphatic rings. The Labute approximate surface area is 146 Å². The Balaban J connectivity index is 2.15. The highest BCUT2D eigenvalue weighted by Gasteiger charge is 2.28. The van der Waals surface area contributed by atoms with Gasteiger partial charge >= 0.3 is 0 Å². The van der Waals surface area contributed by atoms with E-state index in [1.54, 1.807) is 12.1 Å². The van der Waals surface area contributed by atoms with Gasteiger partial charge in [-0.25, -0.2) is 4.98 Å². The molecular formula is C14H14Cl2N4O2S. The Bertz CT molecular complexity index is 835. The Hall–Kier alpha value is -1.38. The summed E-state index contributed by atoms with van der Waals surface area (Å²) in [5.74, 6) is 0.0170. The van der Waals surface area contributed by atoms with Gasteiger partial charge in [-0.2, -0.15) is 9.61 Å². The van der Waals surface area contributed by atoms with Gasteiger partial charge in [-0.05, 0) is 24.7 Å². The zero-order valence-corrected chi connectivity index (χ0v) is 14.5. The van der Waals surface area contributed by atoms with Crippen molar-refractivity contribution >= 4 is 39.5 Å². The number of aliphatic hydroxyl groups is 1. The van der Waals surface area contributed by atoms with Crippen molar-refractivity contribution in [2.24, 2.45) is 0 Å². The van der Waals surface area contributed by atoms with E-state index in [9.17, 15) is 10.2 Å². The number of hydrogen-bond acceptors (Lipinski definition) is 6. The molecule has 2 heterocycles. The highest BCUT2D eigenvalue weighted by molar-refractivity contribution is 7.17. The summed E-state index contributed by atoms with van der Waals surface area (Å²) < 4.78 is 1.38. The smallest absolute Gasteiger partial charge is 0.230 e. The van der Waals surface area contributed by atoms with E-state index in [-0.39, 0.29) is 18.5 Å². The maximum absolute atomic E-state index is 10.5. The molecule has 0 fully saturated rings. The summed E-state index contributed by atoms with van der Waals surface area (Å²) in [4.78, 5) is 7.25. The van der Waals surface area contributed by atoms with Crippen LogP contribution in [0.25, 0.3) is 4.96 Å². The highest BCUT2D eigenvalue weighted by Crippen LogP contribution is 2.41. The number of halogens is 2. The summed E-state index contributed by atoms with van der Waals surface area (Å²) in [6.45, 7) is 0.399. The van der Waals surface area contributed by atoms with E-state index in [1.165, 1.54) is 22.2 Å². The minimum Gasteiger partial charge on any atom is -0.492 e. The van der Waals surface area contributed by atoms with Crippen molar-refractivity contribution in [3.8, 4) is 5.88 Å². The van der Waals surface area contributed by atoms with Crippen molar-refractivity contribution in [2.75, 3.05) is 20.2 Å². The van der Waals surface area contributed by atoms with Crippen molar-refractivity contribution in [3.05, 3.63) is 45.0 Å². The van der Waals surface area contributed by atoms with Gasteiger partial charge in [0.05, 0.1) is 17.5 Å². The zero-order valence-electron chi connectivity index (χ0n) is 12.1. The Morgan fingerprint density at radius 1 is 1.39 bits per heavy atom. The molecular weight excluding hydrogens is 359 g/mol. The maximum Gasteiger partial charge on any atom is 0.230 e. The van der Waals surface area contributed by atoms with Gasteiger partial charge in [0.1, 0.15) is 6.33 Å². The molecule has 1 atom stereocenters. The standard InChI is InChI=1S/C14H14Cl2N4O2S/c1-19(4-5-21)11(9-3-2-8(15)6-10(9)16)12-13(22)20-14(23-12)17-7-18-20/h2-3,6-7,11,21-22H,4-5H2,1H3. The molecule has 1 unspecified atom stereocenters. The van der Waals surface area contributed by atoms with Crippen LogP contribution in [0.3, 0.4) is 0 Å². The number of rotatable bonds is 5. The summed E-state index contributed by atoms with van der Waals surface area (Å²) in [6, 6.07) is 4.88. The van der Waals surface area contributed by atoms with Gasteiger partial charge < -0.3 is 10.2 Å². The number of hydrogen-bond donors (Lipinski definition) is 2. The summed E-state index contributed by atoms with van der Waals surface area (Å²) in [5.41, 5.74) is 0.784. The summed E-state index contributed by atoms with van der Waals surface area (Å²) in [7, 11) is 1.85. The zero-order chi connectivity index (χ0) is 16.6. The molecule has 3 rings (SSSR count). The lowest BCUT2D eigenvalue weighted by molar-refractivity contribution is 0.196. The minimum atomic E-state index is -0.347. The molecule has 3 aromatic rings. The summed E-state index contributed by atoms with van der Waals surface area (Å²) in [5, 5.41) is 24.8.